The molecule has 2 fully saturated rings. The van der Waals surface area contributed by atoms with Crippen molar-refractivity contribution < 1.29 is 9.47 Å². The van der Waals surface area contributed by atoms with Crippen molar-refractivity contribution in [2.75, 3.05) is 20.4 Å². The minimum absolute atomic E-state index is 0. The normalized spacial score (nSPS) is 21.6. The third-order valence-corrected chi connectivity index (χ3v) is 5.80. The fourth-order valence-corrected chi connectivity index (χ4v) is 3.99. The molecule has 4 rings (SSSR count). The minimum atomic E-state index is 0. The fourth-order valence-electron chi connectivity index (χ4n) is 3.99. The summed E-state index contributed by atoms with van der Waals surface area (Å²) in [7, 11) is 2.06. The first-order chi connectivity index (χ1) is 11.7. The van der Waals surface area contributed by atoms with Gasteiger partial charge in [-0.05, 0) is 43.4 Å². The second-order valence-corrected chi connectivity index (χ2v) is 7.43. The Labute approximate surface area is 167 Å². The summed E-state index contributed by atoms with van der Waals surface area (Å²) in [5, 5.41) is 0. The second kappa shape index (κ2) is 7.60. The Morgan fingerprint density at radius 3 is 2.64 bits per heavy atom. The molecule has 2 saturated carbocycles. The number of fused-ring (bicyclic) bond motifs is 1. The summed E-state index contributed by atoms with van der Waals surface area (Å²) in [6.45, 7) is 1.08. The highest BCUT2D eigenvalue weighted by molar-refractivity contribution is 14.0. The molecule has 0 saturated heterocycles. The van der Waals surface area contributed by atoms with E-state index in [1.54, 1.807) is 0 Å². The van der Waals surface area contributed by atoms with Crippen molar-refractivity contribution in [1.82, 2.24) is 4.90 Å². The first-order valence-electron chi connectivity index (χ1n) is 9.11. The fraction of sp³-hybridized carbons (Fsp3) is 0.632. The molecule has 6 heteroatoms. The molecule has 1 heterocycles. The molecular weight excluding hydrogens is 429 g/mol. The second-order valence-electron chi connectivity index (χ2n) is 7.43. The number of ether oxygens (including phenoxy) is 2. The van der Waals surface area contributed by atoms with Gasteiger partial charge >= 0.3 is 0 Å². The minimum Gasteiger partial charge on any atom is -0.454 e. The van der Waals surface area contributed by atoms with Crippen molar-refractivity contribution >= 4 is 29.9 Å². The van der Waals surface area contributed by atoms with Gasteiger partial charge in [-0.25, -0.2) is 0 Å². The Hall–Kier alpha value is -1.18. The standard InChI is InChI=1S/C19H27N3O2.HI/c1-22(15-6-7-15)18(20)21-12-19(9-3-2-4-10-19)14-5-8-16-17(11-14)24-13-23-16;/h5,8,11,15H,2-4,6-7,9-10,12-13H2,1H3,(H2,20,21);1H. The van der Waals surface area contributed by atoms with E-state index < -0.39 is 0 Å². The van der Waals surface area contributed by atoms with E-state index in [0.29, 0.717) is 18.8 Å². The van der Waals surface area contributed by atoms with Crippen molar-refractivity contribution in [3.8, 4) is 11.5 Å². The third kappa shape index (κ3) is 3.83. The van der Waals surface area contributed by atoms with Crippen molar-refractivity contribution in [1.29, 1.82) is 0 Å². The lowest BCUT2D eigenvalue weighted by Crippen LogP contribution is -2.38. The lowest BCUT2D eigenvalue weighted by Gasteiger charge is -2.37. The zero-order chi connectivity index (χ0) is 16.6. The van der Waals surface area contributed by atoms with Crippen LogP contribution >= 0.6 is 24.0 Å². The van der Waals surface area contributed by atoms with Crippen molar-refractivity contribution in [3.63, 3.8) is 0 Å². The van der Waals surface area contributed by atoms with Gasteiger partial charge < -0.3 is 20.1 Å². The third-order valence-electron chi connectivity index (χ3n) is 5.80. The molecular formula is C19H28IN3O2. The summed E-state index contributed by atoms with van der Waals surface area (Å²) < 4.78 is 11.0. The number of aliphatic imine (C=N–C) groups is 1. The van der Waals surface area contributed by atoms with E-state index in [2.05, 4.69) is 24.1 Å². The molecule has 0 bridgehead atoms. The number of halogens is 1. The molecule has 25 heavy (non-hydrogen) atoms. The van der Waals surface area contributed by atoms with Gasteiger partial charge in [0.1, 0.15) is 0 Å². The number of hydrogen-bond acceptors (Lipinski definition) is 3. The quantitative estimate of drug-likeness (QED) is 0.426. The maximum atomic E-state index is 6.23. The Morgan fingerprint density at radius 2 is 1.92 bits per heavy atom. The van der Waals surface area contributed by atoms with E-state index in [-0.39, 0.29) is 29.4 Å². The molecule has 0 amide bonds. The maximum Gasteiger partial charge on any atom is 0.231 e. The van der Waals surface area contributed by atoms with Crippen molar-refractivity contribution in [2.24, 2.45) is 10.7 Å². The molecule has 5 nitrogen and oxygen atoms in total. The summed E-state index contributed by atoms with van der Waals surface area (Å²) in [4.78, 5) is 6.93. The monoisotopic (exact) mass is 457 g/mol. The highest BCUT2D eigenvalue weighted by atomic mass is 127. The van der Waals surface area contributed by atoms with Gasteiger partial charge in [0.05, 0.1) is 6.54 Å². The predicted molar refractivity (Wildman–Crippen MR) is 110 cm³/mol. The Balaban J connectivity index is 0.00000182. The van der Waals surface area contributed by atoms with Gasteiger partial charge in [-0.2, -0.15) is 0 Å². The first-order valence-corrected chi connectivity index (χ1v) is 9.11. The van der Waals surface area contributed by atoms with Crippen LogP contribution in [-0.2, 0) is 5.41 Å². The lowest BCUT2D eigenvalue weighted by atomic mass is 9.69. The molecule has 1 aliphatic heterocycles. The van der Waals surface area contributed by atoms with Gasteiger partial charge in [-0.3, -0.25) is 4.99 Å². The highest BCUT2D eigenvalue weighted by Crippen LogP contribution is 2.43. The number of rotatable bonds is 4. The summed E-state index contributed by atoms with van der Waals surface area (Å²) >= 11 is 0. The summed E-state index contributed by atoms with van der Waals surface area (Å²) in [6.07, 6.45) is 8.62. The summed E-state index contributed by atoms with van der Waals surface area (Å²) in [5.41, 5.74) is 7.63. The molecule has 0 atom stereocenters. The highest BCUT2D eigenvalue weighted by Gasteiger charge is 2.35. The van der Waals surface area contributed by atoms with Crippen LogP contribution in [0.15, 0.2) is 23.2 Å². The molecule has 0 unspecified atom stereocenters. The number of hydrogen-bond donors (Lipinski definition) is 1. The largest absolute Gasteiger partial charge is 0.454 e. The number of guanidine groups is 1. The molecule has 138 valence electrons. The van der Waals surface area contributed by atoms with E-state index in [0.717, 1.165) is 30.9 Å². The Bertz CT molecular complexity index is 640. The van der Waals surface area contributed by atoms with Gasteiger partial charge in [0, 0.05) is 18.5 Å². The van der Waals surface area contributed by atoms with Crippen molar-refractivity contribution in [2.45, 2.75) is 56.4 Å². The van der Waals surface area contributed by atoms with Crippen LogP contribution in [0.4, 0.5) is 0 Å². The topological polar surface area (TPSA) is 60.1 Å². The van der Waals surface area contributed by atoms with E-state index in [9.17, 15) is 0 Å². The molecule has 1 aromatic rings. The van der Waals surface area contributed by atoms with Crippen LogP contribution in [0.5, 0.6) is 11.5 Å². The van der Waals surface area contributed by atoms with Crippen LogP contribution in [0, 0.1) is 0 Å². The molecule has 1 aromatic carbocycles. The smallest absolute Gasteiger partial charge is 0.231 e. The molecule has 0 spiro atoms. The van der Waals surface area contributed by atoms with Crippen LogP contribution < -0.4 is 15.2 Å². The average molecular weight is 457 g/mol. The van der Waals surface area contributed by atoms with Gasteiger partial charge in [0.25, 0.3) is 0 Å². The molecule has 2 N–H and O–H groups in total. The summed E-state index contributed by atoms with van der Waals surface area (Å²) in [5.74, 6) is 2.40. The number of benzene rings is 1. The SMILES string of the molecule is CN(C(N)=NCC1(c2ccc3c(c2)OCO3)CCCCC1)C1CC1.I. The van der Waals surface area contributed by atoms with E-state index in [1.807, 2.05) is 6.07 Å². The average Bonchev–Trinajstić information content (AvgIpc) is 3.36. The van der Waals surface area contributed by atoms with Gasteiger partial charge in [0.15, 0.2) is 17.5 Å². The Kier molecular flexibility index (Phi) is 5.65. The zero-order valence-corrected chi connectivity index (χ0v) is 17.2. The molecule has 2 aliphatic carbocycles. The first kappa shape index (κ1) is 18.6. The zero-order valence-electron chi connectivity index (χ0n) is 14.9. The van der Waals surface area contributed by atoms with Crippen LogP contribution in [0.1, 0.15) is 50.5 Å². The predicted octanol–water partition coefficient (Wildman–Crippen LogP) is 3.64. The van der Waals surface area contributed by atoms with Crippen LogP contribution in [0.3, 0.4) is 0 Å². The number of nitrogens with zero attached hydrogens (tertiary/aromatic N) is 2. The van der Waals surface area contributed by atoms with E-state index >= 15 is 0 Å². The van der Waals surface area contributed by atoms with Gasteiger partial charge in [-0.1, -0.05) is 25.3 Å². The van der Waals surface area contributed by atoms with Gasteiger partial charge in [0.2, 0.25) is 6.79 Å². The Morgan fingerprint density at radius 1 is 1.20 bits per heavy atom. The maximum absolute atomic E-state index is 6.23. The molecule has 0 aromatic heterocycles. The molecule has 0 radical (unpaired) electrons. The van der Waals surface area contributed by atoms with Crippen molar-refractivity contribution in [3.05, 3.63) is 23.8 Å². The van der Waals surface area contributed by atoms with E-state index in [4.69, 9.17) is 20.2 Å². The number of nitrogens with two attached hydrogens (primary N) is 1. The lowest BCUT2D eigenvalue weighted by molar-refractivity contribution is 0.174. The summed E-state index contributed by atoms with van der Waals surface area (Å²) in [6, 6.07) is 6.98. The van der Waals surface area contributed by atoms with Gasteiger partial charge in [-0.15, -0.1) is 24.0 Å². The van der Waals surface area contributed by atoms with Crippen LogP contribution in [-0.4, -0.2) is 37.3 Å². The molecule has 3 aliphatic rings. The van der Waals surface area contributed by atoms with Crippen LogP contribution in [0.2, 0.25) is 0 Å². The van der Waals surface area contributed by atoms with E-state index in [1.165, 1.54) is 37.7 Å². The van der Waals surface area contributed by atoms with Crippen LogP contribution in [0.25, 0.3) is 0 Å².